The van der Waals surface area contributed by atoms with E-state index in [0.717, 1.165) is 33.8 Å². The summed E-state index contributed by atoms with van der Waals surface area (Å²) in [6, 6.07) is 12.5. The molecule has 1 nitrogen and oxygen atoms in total. The minimum Gasteiger partial charge on any atom is -0.294 e. The van der Waals surface area contributed by atoms with Crippen molar-refractivity contribution in [3.8, 4) is 0 Å². The molecule has 0 unspecified atom stereocenters. The Kier molecular flexibility index (Phi) is 3.38. The van der Waals surface area contributed by atoms with Crippen molar-refractivity contribution in [2.45, 2.75) is 29.1 Å². The SMILES string of the molecule is O=C1CCCc2cc(Sc3cccc(F)c3)ccc21. The zero-order valence-corrected chi connectivity index (χ0v) is 11.2. The molecule has 0 amide bonds. The molecule has 3 heteroatoms. The lowest BCUT2D eigenvalue weighted by Crippen LogP contribution is -2.10. The Morgan fingerprint density at radius 3 is 2.68 bits per heavy atom. The minimum absolute atomic E-state index is 0.224. The number of benzene rings is 2. The Morgan fingerprint density at radius 1 is 1.00 bits per heavy atom. The van der Waals surface area contributed by atoms with Gasteiger partial charge in [0, 0.05) is 21.8 Å². The van der Waals surface area contributed by atoms with Crippen molar-refractivity contribution in [1.82, 2.24) is 0 Å². The van der Waals surface area contributed by atoms with Gasteiger partial charge in [0.15, 0.2) is 5.78 Å². The van der Waals surface area contributed by atoms with E-state index < -0.39 is 0 Å². The van der Waals surface area contributed by atoms with E-state index in [2.05, 4.69) is 6.07 Å². The van der Waals surface area contributed by atoms with Crippen molar-refractivity contribution in [1.29, 1.82) is 0 Å². The van der Waals surface area contributed by atoms with Gasteiger partial charge in [-0.25, -0.2) is 4.39 Å². The van der Waals surface area contributed by atoms with Crippen molar-refractivity contribution in [3.05, 3.63) is 59.4 Å². The zero-order valence-electron chi connectivity index (χ0n) is 10.4. The van der Waals surface area contributed by atoms with E-state index in [1.165, 1.54) is 23.9 Å². The molecule has 0 atom stereocenters. The van der Waals surface area contributed by atoms with Crippen molar-refractivity contribution in [2.24, 2.45) is 0 Å². The number of aryl methyl sites for hydroxylation is 1. The van der Waals surface area contributed by atoms with E-state index >= 15 is 0 Å². The second kappa shape index (κ2) is 5.17. The zero-order chi connectivity index (χ0) is 13.2. The topological polar surface area (TPSA) is 17.1 Å². The van der Waals surface area contributed by atoms with Gasteiger partial charge in [-0.1, -0.05) is 23.9 Å². The van der Waals surface area contributed by atoms with E-state index in [9.17, 15) is 9.18 Å². The predicted molar refractivity (Wildman–Crippen MR) is 74.2 cm³/mol. The minimum atomic E-state index is -0.224. The Bertz CT molecular complexity index is 636. The number of hydrogen-bond donors (Lipinski definition) is 0. The molecule has 0 aliphatic heterocycles. The second-order valence-electron chi connectivity index (χ2n) is 4.66. The van der Waals surface area contributed by atoms with E-state index in [1.807, 2.05) is 18.2 Å². The van der Waals surface area contributed by atoms with Gasteiger partial charge in [0.05, 0.1) is 0 Å². The first-order valence-electron chi connectivity index (χ1n) is 6.32. The van der Waals surface area contributed by atoms with Crippen molar-refractivity contribution >= 4 is 17.5 Å². The highest BCUT2D eigenvalue weighted by atomic mass is 32.2. The molecule has 3 rings (SSSR count). The molecule has 0 radical (unpaired) electrons. The number of carbonyl (C=O) groups is 1. The summed E-state index contributed by atoms with van der Waals surface area (Å²) in [7, 11) is 0. The van der Waals surface area contributed by atoms with Gasteiger partial charge in [-0.3, -0.25) is 4.79 Å². The van der Waals surface area contributed by atoms with E-state index in [-0.39, 0.29) is 11.6 Å². The second-order valence-corrected chi connectivity index (χ2v) is 5.80. The summed E-state index contributed by atoms with van der Waals surface area (Å²) < 4.78 is 13.1. The Labute approximate surface area is 115 Å². The van der Waals surface area contributed by atoms with Crippen LogP contribution in [0.3, 0.4) is 0 Å². The quantitative estimate of drug-likeness (QED) is 0.801. The lowest BCUT2D eigenvalue weighted by atomic mass is 9.91. The van der Waals surface area contributed by atoms with Crippen LogP contribution in [0.1, 0.15) is 28.8 Å². The molecule has 0 saturated heterocycles. The maximum absolute atomic E-state index is 13.1. The number of halogens is 1. The summed E-state index contributed by atoms with van der Waals surface area (Å²) in [5.74, 6) is 0.0155. The van der Waals surface area contributed by atoms with E-state index in [0.29, 0.717) is 6.42 Å². The molecule has 0 aromatic heterocycles. The summed E-state index contributed by atoms with van der Waals surface area (Å²) in [5.41, 5.74) is 1.98. The van der Waals surface area contributed by atoms with Crippen LogP contribution in [-0.2, 0) is 6.42 Å². The van der Waals surface area contributed by atoms with Crippen molar-refractivity contribution < 1.29 is 9.18 Å². The fourth-order valence-electron chi connectivity index (χ4n) is 2.35. The number of ketones is 1. The summed E-state index contributed by atoms with van der Waals surface area (Å²) in [6.07, 6.45) is 2.54. The summed E-state index contributed by atoms with van der Waals surface area (Å²) in [4.78, 5) is 13.7. The maximum atomic E-state index is 13.1. The average molecular weight is 272 g/mol. The van der Waals surface area contributed by atoms with Gasteiger partial charge in [-0.15, -0.1) is 0 Å². The van der Waals surface area contributed by atoms with Crippen LogP contribution in [0.25, 0.3) is 0 Å². The molecule has 1 aliphatic carbocycles. The fraction of sp³-hybridized carbons (Fsp3) is 0.188. The highest BCUT2D eigenvalue weighted by Gasteiger charge is 2.17. The molecule has 0 heterocycles. The first kappa shape index (κ1) is 12.4. The van der Waals surface area contributed by atoms with E-state index in [1.54, 1.807) is 6.07 Å². The molecule has 0 spiro atoms. The standard InChI is InChI=1S/C16H13FOS/c17-12-4-2-5-13(10-12)19-14-7-8-15-11(9-14)3-1-6-16(15)18/h2,4-5,7-10H,1,3,6H2. The number of Topliss-reactive ketones (excluding diaryl/α,β-unsaturated/α-hetero) is 1. The number of rotatable bonds is 2. The van der Waals surface area contributed by atoms with Crippen LogP contribution in [0.4, 0.5) is 4.39 Å². The molecule has 1 aliphatic rings. The van der Waals surface area contributed by atoms with Crippen LogP contribution in [0, 0.1) is 5.82 Å². The first-order chi connectivity index (χ1) is 9.22. The highest BCUT2D eigenvalue weighted by Crippen LogP contribution is 2.31. The first-order valence-corrected chi connectivity index (χ1v) is 7.13. The molecular weight excluding hydrogens is 259 g/mol. The lowest BCUT2D eigenvalue weighted by Gasteiger charge is -2.15. The van der Waals surface area contributed by atoms with Crippen LogP contribution in [0.2, 0.25) is 0 Å². The molecule has 0 bridgehead atoms. The van der Waals surface area contributed by atoms with Gasteiger partial charge >= 0.3 is 0 Å². The largest absolute Gasteiger partial charge is 0.294 e. The van der Waals surface area contributed by atoms with Crippen LogP contribution in [-0.4, -0.2) is 5.78 Å². The van der Waals surface area contributed by atoms with Crippen molar-refractivity contribution in [2.75, 3.05) is 0 Å². The average Bonchev–Trinajstić information content (AvgIpc) is 2.39. The molecular formula is C16H13FOS. The van der Waals surface area contributed by atoms with Crippen molar-refractivity contribution in [3.63, 3.8) is 0 Å². The van der Waals surface area contributed by atoms with Gasteiger partial charge in [-0.2, -0.15) is 0 Å². The molecule has 96 valence electrons. The molecule has 19 heavy (non-hydrogen) atoms. The lowest BCUT2D eigenvalue weighted by molar-refractivity contribution is 0.0972. The summed E-state index contributed by atoms with van der Waals surface area (Å²) in [6.45, 7) is 0. The summed E-state index contributed by atoms with van der Waals surface area (Å²) >= 11 is 1.52. The summed E-state index contributed by atoms with van der Waals surface area (Å²) in [5, 5.41) is 0. The third-order valence-corrected chi connectivity index (χ3v) is 4.24. The fourth-order valence-corrected chi connectivity index (χ4v) is 3.28. The molecule has 0 saturated carbocycles. The third kappa shape index (κ3) is 2.71. The van der Waals surface area contributed by atoms with Crippen LogP contribution in [0.5, 0.6) is 0 Å². The third-order valence-electron chi connectivity index (χ3n) is 3.26. The monoisotopic (exact) mass is 272 g/mol. The molecule has 0 fully saturated rings. The normalized spacial score (nSPS) is 14.3. The van der Waals surface area contributed by atoms with Gasteiger partial charge < -0.3 is 0 Å². The van der Waals surface area contributed by atoms with Crippen LogP contribution in [0.15, 0.2) is 52.3 Å². The van der Waals surface area contributed by atoms with E-state index in [4.69, 9.17) is 0 Å². The number of fused-ring (bicyclic) bond motifs is 1. The predicted octanol–water partition coefficient (Wildman–Crippen LogP) is 4.50. The van der Waals surface area contributed by atoms with Crippen LogP contribution < -0.4 is 0 Å². The number of carbonyl (C=O) groups excluding carboxylic acids is 1. The van der Waals surface area contributed by atoms with Gasteiger partial charge in [0.1, 0.15) is 5.82 Å². The molecule has 2 aromatic carbocycles. The Hall–Kier alpha value is -1.61. The van der Waals surface area contributed by atoms with Gasteiger partial charge in [-0.05, 0) is 48.7 Å². The Balaban J connectivity index is 1.88. The van der Waals surface area contributed by atoms with Gasteiger partial charge in [0.2, 0.25) is 0 Å². The molecule has 2 aromatic rings. The molecule has 0 N–H and O–H groups in total. The van der Waals surface area contributed by atoms with Gasteiger partial charge in [0.25, 0.3) is 0 Å². The van der Waals surface area contributed by atoms with Crippen LogP contribution >= 0.6 is 11.8 Å². The highest BCUT2D eigenvalue weighted by molar-refractivity contribution is 7.99. The Morgan fingerprint density at radius 2 is 1.84 bits per heavy atom. The smallest absolute Gasteiger partial charge is 0.163 e. The number of hydrogen-bond acceptors (Lipinski definition) is 2. The maximum Gasteiger partial charge on any atom is 0.163 e.